The van der Waals surface area contributed by atoms with Gasteiger partial charge in [-0.25, -0.2) is 0 Å². The fourth-order valence-corrected chi connectivity index (χ4v) is 2.57. The van der Waals surface area contributed by atoms with Crippen molar-refractivity contribution < 1.29 is 19.5 Å². The molecule has 0 saturated heterocycles. The van der Waals surface area contributed by atoms with Crippen molar-refractivity contribution in [2.75, 3.05) is 0 Å². The van der Waals surface area contributed by atoms with Gasteiger partial charge in [0.25, 0.3) is 0 Å². The number of nitrogens with two attached hydrogens (primary N) is 1. The molecule has 3 atom stereocenters. The highest BCUT2D eigenvalue weighted by atomic mass is 16.3. The summed E-state index contributed by atoms with van der Waals surface area (Å²) in [5.74, 6) is -1.26. The zero-order valence-corrected chi connectivity index (χ0v) is 12.1. The Morgan fingerprint density at radius 1 is 1.45 bits per heavy atom. The normalized spacial score (nSPS) is 22.4. The smallest absolute Gasteiger partial charge is 0.249 e. The van der Waals surface area contributed by atoms with Gasteiger partial charge < -0.3 is 16.2 Å². The Balaban J connectivity index is 2.65. The lowest BCUT2D eigenvalue weighted by atomic mass is 9.82. The minimum atomic E-state index is -1.16. The minimum absolute atomic E-state index is 0.0875. The molecular formula is C14H24N2O4. The molecule has 2 amide bonds. The molecule has 0 unspecified atom stereocenters. The van der Waals surface area contributed by atoms with Gasteiger partial charge in [0.05, 0.1) is 0 Å². The van der Waals surface area contributed by atoms with Gasteiger partial charge in [-0.2, -0.15) is 0 Å². The Morgan fingerprint density at radius 3 is 2.60 bits per heavy atom. The molecular weight excluding hydrogens is 260 g/mol. The average molecular weight is 284 g/mol. The molecule has 0 spiro atoms. The van der Waals surface area contributed by atoms with E-state index in [-0.39, 0.29) is 24.0 Å². The van der Waals surface area contributed by atoms with Crippen molar-refractivity contribution in [2.45, 2.75) is 58.1 Å². The van der Waals surface area contributed by atoms with E-state index in [9.17, 15) is 19.5 Å². The van der Waals surface area contributed by atoms with Crippen molar-refractivity contribution in [1.82, 2.24) is 5.32 Å². The minimum Gasteiger partial charge on any atom is -0.383 e. The Bertz CT molecular complexity index is 381. The molecule has 0 radical (unpaired) electrons. The lowest BCUT2D eigenvalue weighted by Gasteiger charge is -2.28. The Labute approximate surface area is 119 Å². The molecule has 0 bridgehead atoms. The number of nitrogens with one attached hydrogen (secondary N) is 1. The Morgan fingerprint density at radius 2 is 2.10 bits per heavy atom. The van der Waals surface area contributed by atoms with Gasteiger partial charge >= 0.3 is 0 Å². The summed E-state index contributed by atoms with van der Waals surface area (Å²) in [6.45, 7) is 3.78. The first-order valence-electron chi connectivity index (χ1n) is 7.10. The molecule has 6 nitrogen and oxygen atoms in total. The molecule has 1 rings (SSSR count). The summed E-state index contributed by atoms with van der Waals surface area (Å²) in [7, 11) is 0. The molecule has 4 N–H and O–H groups in total. The first kappa shape index (κ1) is 16.6. The molecule has 0 aromatic carbocycles. The van der Waals surface area contributed by atoms with Crippen LogP contribution in [-0.4, -0.2) is 34.8 Å². The highest BCUT2D eigenvalue weighted by Crippen LogP contribution is 2.24. The summed E-state index contributed by atoms with van der Waals surface area (Å²) in [6, 6.07) is -0.881. The number of carbonyl (C=O) groups excluding carboxylic acids is 3. The van der Waals surface area contributed by atoms with Crippen LogP contribution in [0.3, 0.4) is 0 Å². The number of ketones is 1. The van der Waals surface area contributed by atoms with E-state index in [1.165, 1.54) is 0 Å². The summed E-state index contributed by atoms with van der Waals surface area (Å²) in [5.41, 5.74) is 5.32. The maximum absolute atomic E-state index is 11.9. The van der Waals surface area contributed by atoms with Crippen LogP contribution in [0.2, 0.25) is 0 Å². The van der Waals surface area contributed by atoms with Crippen molar-refractivity contribution in [1.29, 1.82) is 0 Å². The lowest BCUT2D eigenvalue weighted by molar-refractivity contribution is -0.135. The summed E-state index contributed by atoms with van der Waals surface area (Å²) in [4.78, 5) is 34.8. The van der Waals surface area contributed by atoms with Crippen molar-refractivity contribution in [3.8, 4) is 0 Å². The van der Waals surface area contributed by atoms with Crippen molar-refractivity contribution in [3.63, 3.8) is 0 Å². The maximum atomic E-state index is 11.9. The van der Waals surface area contributed by atoms with Crippen LogP contribution in [0.1, 0.15) is 46.0 Å². The number of Topliss-reactive ketones (excluding diaryl/α,β-unsaturated/α-hetero) is 1. The molecule has 1 aliphatic rings. The van der Waals surface area contributed by atoms with Gasteiger partial charge in [-0.1, -0.05) is 13.8 Å². The van der Waals surface area contributed by atoms with E-state index in [1.54, 1.807) is 0 Å². The predicted octanol–water partition coefficient (Wildman–Crippen LogP) is 0.123. The number of aliphatic hydroxyl groups excluding tert-OH is 1. The third-order valence-corrected chi connectivity index (χ3v) is 3.59. The average Bonchev–Trinajstić information content (AvgIpc) is 2.34. The van der Waals surface area contributed by atoms with Crippen LogP contribution in [0, 0.1) is 11.8 Å². The monoisotopic (exact) mass is 284 g/mol. The molecule has 1 aliphatic carbocycles. The molecule has 1 saturated carbocycles. The largest absolute Gasteiger partial charge is 0.383 e. The molecule has 1 fully saturated rings. The number of rotatable bonds is 6. The van der Waals surface area contributed by atoms with Crippen LogP contribution >= 0.6 is 0 Å². The number of aliphatic hydroxyl groups is 1. The van der Waals surface area contributed by atoms with Gasteiger partial charge in [0.15, 0.2) is 0 Å². The van der Waals surface area contributed by atoms with Crippen LogP contribution in [0.5, 0.6) is 0 Å². The van der Waals surface area contributed by atoms with Crippen molar-refractivity contribution >= 4 is 17.6 Å². The van der Waals surface area contributed by atoms with Crippen LogP contribution in [-0.2, 0) is 14.4 Å². The van der Waals surface area contributed by atoms with Crippen LogP contribution < -0.4 is 11.1 Å². The van der Waals surface area contributed by atoms with Gasteiger partial charge in [0.1, 0.15) is 17.9 Å². The van der Waals surface area contributed by atoms with Crippen molar-refractivity contribution in [2.24, 2.45) is 17.6 Å². The zero-order chi connectivity index (χ0) is 15.3. The van der Waals surface area contributed by atoms with E-state index in [4.69, 9.17) is 5.73 Å². The molecule has 0 heterocycles. The van der Waals surface area contributed by atoms with E-state index in [0.29, 0.717) is 25.7 Å². The first-order valence-corrected chi connectivity index (χ1v) is 7.10. The number of carbonyl (C=O) groups is 3. The second kappa shape index (κ2) is 7.38. The topological polar surface area (TPSA) is 109 Å². The number of amides is 2. The molecule has 0 aliphatic heterocycles. The van der Waals surface area contributed by atoms with E-state index in [2.05, 4.69) is 5.32 Å². The summed E-state index contributed by atoms with van der Waals surface area (Å²) < 4.78 is 0. The number of primary amides is 1. The molecule has 0 aromatic rings. The zero-order valence-electron chi connectivity index (χ0n) is 12.1. The maximum Gasteiger partial charge on any atom is 0.249 e. The summed E-state index contributed by atoms with van der Waals surface area (Å²) >= 11 is 0. The standard InChI is InChI=1S/C14H24N2O4/c1-8(2)6-11(18)14(20)16-12(13(15)19)9-4-3-5-10(17)7-9/h8-9,11-12,18H,3-7H2,1-2H3,(H2,15,19)(H,16,20)/t9-,11-,12+/m0/s1. The van der Waals surface area contributed by atoms with Crippen molar-refractivity contribution in [3.05, 3.63) is 0 Å². The molecule has 6 heteroatoms. The fraction of sp³-hybridized carbons (Fsp3) is 0.786. The fourth-order valence-electron chi connectivity index (χ4n) is 2.57. The quantitative estimate of drug-likeness (QED) is 0.643. The van der Waals surface area contributed by atoms with Gasteiger partial charge in [0.2, 0.25) is 11.8 Å². The third kappa shape index (κ3) is 4.92. The predicted molar refractivity (Wildman–Crippen MR) is 73.6 cm³/mol. The lowest BCUT2D eigenvalue weighted by Crippen LogP contribution is -2.52. The first-order chi connectivity index (χ1) is 9.31. The Hall–Kier alpha value is -1.43. The van der Waals surface area contributed by atoms with Crippen LogP contribution in [0.4, 0.5) is 0 Å². The van der Waals surface area contributed by atoms with Gasteiger partial charge in [-0.3, -0.25) is 14.4 Å². The van der Waals surface area contributed by atoms with Gasteiger partial charge in [0, 0.05) is 12.8 Å². The molecule has 0 aromatic heterocycles. The van der Waals surface area contributed by atoms with Gasteiger partial charge in [-0.05, 0) is 31.1 Å². The van der Waals surface area contributed by atoms with E-state index in [1.807, 2.05) is 13.8 Å². The van der Waals surface area contributed by atoms with Crippen LogP contribution in [0.25, 0.3) is 0 Å². The SMILES string of the molecule is CC(C)C[C@H](O)C(=O)N[C@@H](C(N)=O)[C@H]1CCCC(=O)C1. The highest BCUT2D eigenvalue weighted by Gasteiger charge is 2.33. The number of hydrogen-bond donors (Lipinski definition) is 3. The molecule has 20 heavy (non-hydrogen) atoms. The van der Waals surface area contributed by atoms with E-state index < -0.39 is 24.0 Å². The second-order valence-electron chi connectivity index (χ2n) is 5.93. The second-order valence-corrected chi connectivity index (χ2v) is 5.93. The van der Waals surface area contributed by atoms with E-state index >= 15 is 0 Å². The van der Waals surface area contributed by atoms with E-state index in [0.717, 1.165) is 0 Å². The number of hydrogen-bond acceptors (Lipinski definition) is 4. The molecule has 114 valence electrons. The highest BCUT2D eigenvalue weighted by molar-refractivity contribution is 5.89. The summed E-state index contributed by atoms with van der Waals surface area (Å²) in [6.07, 6.45) is 1.33. The van der Waals surface area contributed by atoms with Gasteiger partial charge in [-0.15, -0.1) is 0 Å². The third-order valence-electron chi connectivity index (χ3n) is 3.59. The van der Waals surface area contributed by atoms with Crippen LogP contribution in [0.15, 0.2) is 0 Å². The Kier molecular flexibility index (Phi) is 6.13. The summed E-state index contributed by atoms with van der Waals surface area (Å²) in [5, 5.41) is 12.2.